The summed E-state index contributed by atoms with van der Waals surface area (Å²) < 4.78 is 5.34. The summed E-state index contributed by atoms with van der Waals surface area (Å²) in [4.78, 5) is 14.0. The minimum Gasteiger partial charge on any atom is -0.380 e. The van der Waals surface area contributed by atoms with Gasteiger partial charge < -0.3 is 9.64 Å². The van der Waals surface area contributed by atoms with Gasteiger partial charge in [-0.3, -0.25) is 4.79 Å². The van der Waals surface area contributed by atoms with E-state index in [9.17, 15) is 4.79 Å². The SMILES string of the molecule is CCOCCN1CCC(c2ccccc2)CCC1=O. The Morgan fingerprint density at radius 2 is 2.05 bits per heavy atom. The average Bonchev–Trinajstić information content (AvgIpc) is 2.63. The van der Waals surface area contributed by atoms with Gasteiger partial charge in [0.15, 0.2) is 0 Å². The van der Waals surface area contributed by atoms with E-state index in [-0.39, 0.29) is 5.91 Å². The van der Waals surface area contributed by atoms with Gasteiger partial charge in [-0.25, -0.2) is 0 Å². The van der Waals surface area contributed by atoms with E-state index in [0.29, 0.717) is 25.6 Å². The van der Waals surface area contributed by atoms with E-state index in [1.165, 1.54) is 5.56 Å². The first kappa shape index (κ1) is 14.1. The zero-order valence-corrected chi connectivity index (χ0v) is 11.7. The standard InChI is InChI=1S/C16H23NO2/c1-2-19-13-12-17-11-10-15(8-9-16(17)18)14-6-4-3-5-7-14/h3-7,15H,2,8-13H2,1H3. The van der Waals surface area contributed by atoms with Crippen molar-refractivity contribution in [3.8, 4) is 0 Å². The zero-order valence-electron chi connectivity index (χ0n) is 11.7. The highest BCUT2D eigenvalue weighted by Gasteiger charge is 2.22. The molecule has 1 heterocycles. The number of amides is 1. The molecule has 1 amide bonds. The molecule has 104 valence electrons. The van der Waals surface area contributed by atoms with Gasteiger partial charge in [0.1, 0.15) is 0 Å². The van der Waals surface area contributed by atoms with Gasteiger partial charge in [-0.05, 0) is 31.2 Å². The molecule has 2 rings (SSSR count). The van der Waals surface area contributed by atoms with E-state index < -0.39 is 0 Å². The van der Waals surface area contributed by atoms with Crippen LogP contribution in [-0.4, -0.2) is 37.1 Å². The first-order valence-electron chi connectivity index (χ1n) is 7.21. The fraction of sp³-hybridized carbons (Fsp3) is 0.562. The molecule has 1 saturated heterocycles. The number of ether oxygens (including phenoxy) is 1. The highest BCUT2D eigenvalue weighted by atomic mass is 16.5. The van der Waals surface area contributed by atoms with Crippen LogP contribution in [0.3, 0.4) is 0 Å². The van der Waals surface area contributed by atoms with Crippen molar-refractivity contribution < 1.29 is 9.53 Å². The highest BCUT2D eigenvalue weighted by molar-refractivity contribution is 5.76. The van der Waals surface area contributed by atoms with Gasteiger partial charge in [-0.15, -0.1) is 0 Å². The fourth-order valence-corrected chi connectivity index (χ4v) is 2.65. The fourth-order valence-electron chi connectivity index (χ4n) is 2.65. The highest BCUT2D eigenvalue weighted by Crippen LogP contribution is 2.28. The van der Waals surface area contributed by atoms with Gasteiger partial charge in [0.25, 0.3) is 0 Å². The molecule has 1 aliphatic heterocycles. The van der Waals surface area contributed by atoms with Crippen LogP contribution in [0.2, 0.25) is 0 Å². The third-order valence-electron chi connectivity index (χ3n) is 3.79. The van der Waals surface area contributed by atoms with Gasteiger partial charge in [-0.1, -0.05) is 30.3 Å². The predicted molar refractivity (Wildman–Crippen MR) is 76.1 cm³/mol. The summed E-state index contributed by atoms with van der Waals surface area (Å²) in [7, 11) is 0. The lowest BCUT2D eigenvalue weighted by atomic mass is 9.92. The monoisotopic (exact) mass is 261 g/mol. The molecule has 0 saturated carbocycles. The van der Waals surface area contributed by atoms with E-state index in [1.54, 1.807) is 0 Å². The molecule has 0 aromatic heterocycles. The van der Waals surface area contributed by atoms with Crippen LogP contribution >= 0.6 is 0 Å². The molecule has 1 aliphatic rings. The minimum atomic E-state index is 0.276. The second-order valence-corrected chi connectivity index (χ2v) is 5.01. The molecule has 1 aromatic carbocycles. The van der Waals surface area contributed by atoms with Crippen LogP contribution in [0.15, 0.2) is 30.3 Å². The second kappa shape index (κ2) is 7.29. The molecule has 1 atom stereocenters. The van der Waals surface area contributed by atoms with Crippen LogP contribution in [0.5, 0.6) is 0 Å². The Bertz CT molecular complexity index is 391. The number of carbonyl (C=O) groups is 1. The molecule has 3 heteroatoms. The molecular formula is C16H23NO2. The number of carbonyl (C=O) groups excluding carboxylic acids is 1. The summed E-state index contributed by atoms with van der Waals surface area (Å²) in [5, 5.41) is 0. The van der Waals surface area contributed by atoms with Gasteiger partial charge >= 0.3 is 0 Å². The van der Waals surface area contributed by atoms with Crippen molar-refractivity contribution in [1.82, 2.24) is 4.90 Å². The Morgan fingerprint density at radius 1 is 1.26 bits per heavy atom. The largest absolute Gasteiger partial charge is 0.380 e. The van der Waals surface area contributed by atoms with Crippen LogP contribution in [0.1, 0.15) is 37.7 Å². The van der Waals surface area contributed by atoms with Crippen LogP contribution < -0.4 is 0 Å². The molecule has 0 spiro atoms. The van der Waals surface area contributed by atoms with Crippen LogP contribution in [0, 0.1) is 0 Å². The van der Waals surface area contributed by atoms with Crippen molar-refractivity contribution in [1.29, 1.82) is 0 Å². The van der Waals surface area contributed by atoms with Crippen molar-refractivity contribution in [2.24, 2.45) is 0 Å². The summed E-state index contributed by atoms with van der Waals surface area (Å²) in [5.74, 6) is 0.792. The number of hydrogen-bond donors (Lipinski definition) is 0. The van der Waals surface area contributed by atoms with Gasteiger partial charge in [0.05, 0.1) is 6.61 Å². The Balaban J connectivity index is 1.91. The summed E-state index contributed by atoms with van der Waals surface area (Å²) in [5.41, 5.74) is 1.36. The smallest absolute Gasteiger partial charge is 0.222 e. The molecular weight excluding hydrogens is 238 g/mol. The Labute approximate surface area is 115 Å². The number of rotatable bonds is 5. The number of nitrogens with zero attached hydrogens (tertiary/aromatic N) is 1. The maximum absolute atomic E-state index is 12.1. The van der Waals surface area contributed by atoms with E-state index in [4.69, 9.17) is 4.74 Å². The average molecular weight is 261 g/mol. The third kappa shape index (κ3) is 4.06. The second-order valence-electron chi connectivity index (χ2n) is 5.01. The molecule has 0 N–H and O–H groups in total. The van der Waals surface area contributed by atoms with Crippen molar-refractivity contribution >= 4 is 5.91 Å². The molecule has 1 unspecified atom stereocenters. The summed E-state index contributed by atoms with van der Waals surface area (Å²) in [6.07, 6.45) is 2.68. The molecule has 0 bridgehead atoms. The molecule has 3 nitrogen and oxygen atoms in total. The van der Waals surface area contributed by atoms with Crippen molar-refractivity contribution in [3.05, 3.63) is 35.9 Å². The quantitative estimate of drug-likeness (QED) is 0.763. The molecule has 1 aromatic rings. The summed E-state index contributed by atoms with van der Waals surface area (Å²) in [6, 6.07) is 10.5. The summed E-state index contributed by atoms with van der Waals surface area (Å²) >= 11 is 0. The zero-order chi connectivity index (χ0) is 13.5. The molecule has 0 radical (unpaired) electrons. The Morgan fingerprint density at radius 3 is 2.79 bits per heavy atom. The number of likely N-dealkylation sites (tertiary alicyclic amines) is 1. The lowest BCUT2D eigenvalue weighted by Crippen LogP contribution is -2.33. The van der Waals surface area contributed by atoms with Crippen LogP contribution in [0.4, 0.5) is 0 Å². The van der Waals surface area contributed by atoms with Crippen LogP contribution in [-0.2, 0) is 9.53 Å². The third-order valence-corrected chi connectivity index (χ3v) is 3.79. The van der Waals surface area contributed by atoms with E-state index in [0.717, 1.165) is 25.9 Å². The number of hydrogen-bond acceptors (Lipinski definition) is 2. The first-order valence-corrected chi connectivity index (χ1v) is 7.21. The maximum Gasteiger partial charge on any atom is 0.222 e. The predicted octanol–water partition coefficient (Wildman–Crippen LogP) is 2.82. The minimum absolute atomic E-state index is 0.276. The van der Waals surface area contributed by atoms with Crippen molar-refractivity contribution in [2.75, 3.05) is 26.3 Å². The van der Waals surface area contributed by atoms with Crippen molar-refractivity contribution in [2.45, 2.75) is 32.1 Å². The lowest BCUT2D eigenvalue weighted by Gasteiger charge is -2.20. The van der Waals surface area contributed by atoms with E-state index in [2.05, 4.69) is 24.3 Å². The van der Waals surface area contributed by atoms with Gasteiger partial charge in [0, 0.05) is 26.1 Å². The Hall–Kier alpha value is -1.35. The summed E-state index contributed by atoms with van der Waals surface area (Å²) in [6.45, 7) is 4.93. The van der Waals surface area contributed by atoms with Gasteiger partial charge in [0.2, 0.25) is 5.91 Å². The van der Waals surface area contributed by atoms with Crippen LogP contribution in [0.25, 0.3) is 0 Å². The van der Waals surface area contributed by atoms with E-state index in [1.807, 2.05) is 17.9 Å². The lowest BCUT2D eigenvalue weighted by molar-refractivity contribution is -0.131. The molecule has 1 fully saturated rings. The first-order chi connectivity index (χ1) is 9.31. The number of benzene rings is 1. The molecule has 19 heavy (non-hydrogen) atoms. The van der Waals surface area contributed by atoms with Crippen molar-refractivity contribution in [3.63, 3.8) is 0 Å². The molecule has 0 aliphatic carbocycles. The van der Waals surface area contributed by atoms with E-state index >= 15 is 0 Å². The normalized spacial score (nSPS) is 20.4. The van der Waals surface area contributed by atoms with Gasteiger partial charge in [-0.2, -0.15) is 0 Å². The Kier molecular flexibility index (Phi) is 5.40. The maximum atomic E-state index is 12.1. The topological polar surface area (TPSA) is 29.5 Å².